The second kappa shape index (κ2) is 9.35. The Labute approximate surface area is 144 Å². The first-order chi connectivity index (χ1) is 9.26. The molecule has 1 aliphatic carbocycles. The third kappa shape index (κ3) is 5.26. The third-order valence-electron chi connectivity index (χ3n) is 4.41. The summed E-state index contributed by atoms with van der Waals surface area (Å²) in [5, 5.41) is 0. The summed E-state index contributed by atoms with van der Waals surface area (Å²) >= 11 is 2.00. The summed E-state index contributed by atoms with van der Waals surface area (Å²) in [6, 6.07) is 0. The first-order valence-corrected chi connectivity index (χ1v) is 8.53. The zero-order chi connectivity index (χ0) is 13.6. The number of guanidine groups is 1. The van der Waals surface area contributed by atoms with Gasteiger partial charge < -0.3 is 15.4 Å². The van der Waals surface area contributed by atoms with Crippen LogP contribution in [0.15, 0.2) is 4.99 Å². The lowest BCUT2D eigenvalue weighted by molar-refractivity contribution is 0.141. The molecule has 1 saturated heterocycles. The van der Waals surface area contributed by atoms with Crippen LogP contribution in [0.5, 0.6) is 0 Å². The number of hydrogen-bond acceptors (Lipinski definition) is 3. The van der Waals surface area contributed by atoms with Crippen LogP contribution in [0.2, 0.25) is 0 Å². The maximum absolute atomic E-state index is 6.15. The molecule has 6 heteroatoms. The van der Waals surface area contributed by atoms with Crippen molar-refractivity contribution in [1.29, 1.82) is 0 Å². The van der Waals surface area contributed by atoms with Gasteiger partial charge in [0.15, 0.2) is 5.96 Å². The summed E-state index contributed by atoms with van der Waals surface area (Å²) in [5.74, 6) is 3.10. The average Bonchev–Trinajstić information content (AvgIpc) is 2.93. The van der Waals surface area contributed by atoms with Crippen LogP contribution >= 0.6 is 35.7 Å². The Morgan fingerprint density at radius 2 is 1.95 bits per heavy atom. The van der Waals surface area contributed by atoms with Crippen LogP contribution in [-0.4, -0.2) is 55.7 Å². The molecule has 118 valence electrons. The largest absolute Gasteiger partial charge is 0.385 e. The molecule has 1 saturated carbocycles. The lowest BCUT2D eigenvalue weighted by atomic mass is 9.83. The zero-order valence-electron chi connectivity index (χ0n) is 12.5. The highest BCUT2D eigenvalue weighted by molar-refractivity contribution is 14.0. The topological polar surface area (TPSA) is 50.9 Å². The first-order valence-electron chi connectivity index (χ1n) is 7.37. The van der Waals surface area contributed by atoms with E-state index in [0.29, 0.717) is 5.41 Å². The van der Waals surface area contributed by atoms with E-state index in [1.54, 1.807) is 7.11 Å². The summed E-state index contributed by atoms with van der Waals surface area (Å²) in [7, 11) is 1.78. The number of methoxy groups -OCH3 is 1. The normalized spacial score (nSPS) is 22.6. The molecule has 2 rings (SSSR count). The van der Waals surface area contributed by atoms with Crippen LogP contribution in [0.1, 0.15) is 32.1 Å². The van der Waals surface area contributed by atoms with Gasteiger partial charge in [-0.2, -0.15) is 11.8 Å². The maximum atomic E-state index is 6.15. The minimum absolute atomic E-state index is 0. The van der Waals surface area contributed by atoms with Crippen molar-refractivity contribution in [3.8, 4) is 0 Å². The first kappa shape index (κ1) is 18.4. The molecule has 2 fully saturated rings. The smallest absolute Gasteiger partial charge is 0.191 e. The predicted molar refractivity (Wildman–Crippen MR) is 98.2 cm³/mol. The van der Waals surface area contributed by atoms with Crippen molar-refractivity contribution < 1.29 is 4.74 Å². The molecule has 0 amide bonds. The monoisotopic (exact) mass is 413 g/mol. The average molecular weight is 413 g/mol. The number of ether oxygens (including phenoxy) is 1. The van der Waals surface area contributed by atoms with E-state index >= 15 is 0 Å². The van der Waals surface area contributed by atoms with Crippen molar-refractivity contribution in [1.82, 2.24) is 4.90 Å². The van der Waals surface area contributed by atoms with E-state index in [4.69, 9.17) is 15.5 Å². The number of thioether (sulfide) groups is 1. The quantitative estimate of drug-likeness (QED) is 0.428. The van der Waals surface area contributed by atoms with E-state index in [0.717, 1.165) is 38.6 Å². The Bertz CT molecular complexity index is 303. The van der Waals surface area contributed by atoms with E-state index < -0.39 is 0 Å². The standard InChI is InChI=1S/C14H27N3OS.HI/c1-18-9-6-14(4-2-3-5-14)12-16-13(15)17-7-10-19-11-8-17;/h2-12H2,1H3,(H2,15,16);1H. The molecule has 0 radical (unpaired) electrons. The Hall–Kier alpha value is 0.310. The Kier molecular flexibility index (Phi) is 8.59. The van der Waals surface area contributed by atoms with Crippen molar-refractivity contribution in [2.75, 3.05) is 44.9 Å². The fraction of sp³-hybridized carbons (Fsp3) is 0.929. The van der Waals surface area contributed by atoms with E-state index in [1.807, 2.05) is 11.8 Å². The van der Waals surface area contributed by atoms with Crippen LogP contribution in [-0.2, 0) is 4.74 Å². The predicted octanol–water partition coefficient (Wildman–Crippen LogP) is 2.56. The molecule has 0 aromatic heterocycles. The molecule has 0 atom stereocenters. The Morgan fingerprint density at radius 3 is 2.55 bits per heavy atom. The summed E-state index contributed by atoms with van der Waals surface area (Å²) in [6.07, 6.45) is 6.35. The SMILES string of the molecule is COCCC1(CN=C(N)N2CCSCC2)CCCC1.I. The molecule has 2 N–H and O–H groups in total. The molecule has 20 heavy (non-hydrogen) atoms. The molecular formula is C14H28IN3OS. The van der Waals surface area contributed by atoms with Gasteiger partial charge >= 0.3 is 0 Å². The van der Waals surface area contributed by atoms with Gasteiger partial charge in [-0.25, -0.2) is 0 Å². The number of hydrogen-bond donors (Lipinski definition) is 1. The number of halogens is 1. The van der Waals surface area contributed by atoms with E-state index in [2.05, 4.69) is 4.90 Å². The zero-order valence-corrected chi connectivity index (χ0v) is 15.6. The summed E-state index contributed by atoms with van der Waals surface area (Å²) in [6.45, 7) is 3.82. The van der Waals surface area contributed by atoms with Crippen LogP contribution in [0.25, 0.3) is 0 Å². The molecule has 1 heterocycles. The summed E-state index contributed by atoms with van der Waals surface area (Å²) < 4.78 is 5.26. The van der Waals surface area contributed by atoms with Gasteiger partial charge in [0.2, 0.25) is 0 Å². The van der Waals surface area contributed by atoms with Crippen molar-refractivity contribution in [3.63, 3.8) is 0 Å². The van der Waals surface area contributed by atoms with Crippen LogP contribution < -0.4 is 5.73 Å². The summed E-state index contributed by atoms with van der Waals surface area (Å²) in [4.78, 5) is 6.94. The van der Waals surface area contributed by atoms with Crippen molar-refractivity contribution in [2.24, 2.45) is 16.1 Å². The van der Waals surface area contributed by atoms with E-state index in [-0.39, 0.29) is 24.0 Å². The lowest BCUT2D eigenvalue weighted by Gasteiger charge is -2.30. The second-order valence-corrected chi connectivity index (χ2v) is 6.95. The second-order valence-electron chi connectivity index (χ2n) is 5.72. The maximum Gasteiger partial charge on any atom is 0.191 e. The molecule has 1 aliphatic heterocycles. The van der Waals surface area contributed by atoms with Gasteiger partial charge in [-0.1, -0.05) is 12.8 Å². The minimum atomic E-state index is 0. The Morgan fingerprint density at radius 1 is 1.30 bits per heavy atom. The molecular weight excluding hydrogens is 385 g/mol. The minimum Gasteiger partial charge on any atom is -0.385 e. The highest BCUT2D eigenvalue weighted by atomic mass is 127. The lowest BCUT2D eigenvalue weighted by Crippen LogP contribution is -2.43. The molecule has 0 spiro atoms. The van der Waals surface area contributed by atoms with Crippen molar-refractivity contribution in [3.05, 3.63) is 0 Å². The fourth-order valence-electron chi connectivity index (χ4n) is 3.07. The van der Waals surface area contributed by atoms with Crippen LogP contribution in [0.3, 0.4) is 0 Å². The van der Waals surface area contributed by atoms with Gasteiger partial charge in [0.05, 0.1) is 0 Å². The highest BCUT2D eigenvalue weighted by Crippen LogP contribution is 2.41. The number of rotatable bonds is 5. The van der Waals surface area contributed by atoms with Gasteiger partial charge in [-0.3, -0.25) is 4.99 Å². The molecule has 0 bridgehead atoms. The molecule has 0 aromatic rings. The number of nitrogens with zero attached hydrogens (tertiary/aromatic N) is 2. The van der Waals surface area contributed by atoms with Crippen LogP contribution in [0, 0.1) is 5.41 Å². The molecule has 0 aromatic carbocycles. The van der Waals surface area contributed by atoms with Crippen LogP contribution in [0.4, 0.5) is 0 Å². The third-order valence-corrected chi connectivity index (χ3v) is 5.35. The highest BCUT2D eigenvalue weighted by Gasteiger charge is 2.33. The summed E-state index contributed by atoms with van der Waals surface area (Å²) in [5.41, 5.74) is 6.50. The Balaban J connectivity index is 0.00000200. The van der Waals surface area contributed by atoms with Crippen molar-refractivity contribution >= 4 is 41.7 Å². The van der Waals surface area contributed by atoms with Gasteiger partial charge in [-0.05, 0) is 24.7 Å². The van der Waals surface area contributed by atoms with E-state index in [1.165, 1.54) is 37.2 Å². The van der Waals surface area contributed by atoms with E-state index in [9.17, 15) is 0 Å². The molecule has 0 unspecified atom stereocenters. The van der Waals surface area contributed by atoms with Gasteiger partial charge in [0.1, 0.15) is 0 Å². The molecule has 2 aliphatic rings. The van der Waals surface area contributed by atoms with Gasteiger partial charge in [0.25, 0.3) is 0 Å². The molecule has 4 nitrogen and oxygen atoms in total. The number of nitrogens with two attached hydrogens (primary N) is 1. The number of aliphatic imine (C=N–C) groups is 1. The fourth-order valence-corrected chi connectivity index (χ4v) is 3.97. The van der Waals surface area contributed by atoms with Gasteiger partial charge in [-0.15, -0.1) is 24.0 Å². The van der Waals surface area contributed by atoms with Gasteiger partial charge in [0, 0.05) is 44.9 Å². The van der Waals surface area contributed by atoms with Crippen molar-refractivity contribution in [2.45, 2.75) is 32.1 Å².